The molecular formula is C25H29N3O2. The number of aliphatic hydroxyl groups is 2. The zero-order valence-corrected chi connectivity index (χ0v) is 17.3. The minimum Gasteiger partial charge on any atom is -0.396 e. The van der Waals surface area contributed by atoms with Gasteiger partial charge in [0.1, 0.15) is 0 Å². The third kappa shape index (κ3) is 4.59. The Morgan fingerprint density at radius 2 is 1.77 bits per heavy atom. The van der Waals surface area contributed by atoms with Gasteiger partial charge in [-0.25, -0.2) is 9.97 Å². The average molecular weight is 404 g/mol. The Labute approximate surface area is 177 Å². The molecule has 5 heteroatoms. The van der Waals surface area contributed by atoms with Crippen LogP contribution in [0.5, 0.6) is 0 Å². The summed E-state index contributed by atoms with van der Waals surface area (Å²) >= 11 is 0. The van der Waals surface area contributed by atoms with Gasteiger partial charge in [0, 0.05) is 42.6 Å². The second kappa shape index (κ2) is 9.47. The summed E-state index contributed by atoms with van der Waals surface area (Å²) in [4.78, 5) is 9.18. The van der Waals surface area contributed by atoms with Crippen molar-refractivity contribution in [3.63, 3.8) is 0 Å². The smallest absolute Gasteiger partial charge is 0.159 e. The topological polar surface area (TPSA) is 78.3 Å². The minimum absolute atomic E-state index is 0.0228. The van der Waals surface area contributed by atoms with E-state index in [-0.39, 0.29) is 24.5 Å². The summed E-state index contributed by atoms with van der Waals surface area (Å²) in [6.45, 7) is 2.84. The van der Waals surface area contributed by atoms with Crippen LogP contribution in [0, 0.1) is 18.8 Å². The van der Waals surface area contributed by atoms with Crippen LogP contribution in [0.2, 0.25) is 0 Å². The van der Waals surface area contributed by atoms with Crippen LogP contribution in [0.1, 0.15) is 23.2 Å². The van der Waals surface area contributed by atoms with Gasteiger partial charge in [-0.15, -0.1) is 0 Å². The molecule has 1 saturated carbocycles. The lowest BCUT2D eigenvalue weighted by Crippen LogP contribution is -2.36. The van der Waals surface area contributed by atoms with Crippen LogP contribution in [-0.2, 0) is 13.0 Å². The van der Waals surface area contributed by atoms with Gasteiger partial charge in [-0.1, -0.05) is 54.6 Å². The molecule has 1 aromatic heterocycles. The summed E-state index contributed by atoms with van der Waals surface area (Å²) in [5.41, 5.74) is 4.43. The van der Waals surface area contributed by atoms with Gasteiger partial charge in [-0.2, -0.15) is 0 Å². The molecule has 3 aromatic rings. The number of hydrogen-bond donors (Lipinski definition) is 3. The molecule has 1 aliphatic carbocycles. The Morgan fingerprint density at radius 3 is 2.53 bits per heavy atom. The van der Waals surface area contributed by atoms with Crippen molar-refractivity contribution in [2.24, 2.45) is 11.8 Å². The highest BCUT2D eigenvalue weighted by molar-refractivity contribution is 5.54. The maximum atomic E-state index is 10.6. The molecule has 4 rings (SSSR count). The largest absolute Gasteiger partial charge is 0.396 e. The van der Waals surface area contributed by atoms with Gasteiger partial charge in [0.25, 0.3) is 0 Å². The fraction of sp³-hybridized carbons (Fsp3) is 0.360. The van der Waals surface area contributed by atoms with Crippen LogP contribution in [-0.4, -0.2) is 38.9 Å². The Bertz CT molecular complexity index is 963. The van der Waals surface area contributed by atoms with Gasteiger partial charge in [0.15, 0.2) is 5.82 Å². The zero-order valence-electron chi connectivity index (χ0n) is 17.3. The molecule has 3 N–H and O–H groups in total. The molecule has 0 aliphatic heterocycles. The summed E-state index contributed by atoms with van der Waals surface area (Å²) < 4.78 is 0. The summed E-state index contributed by atoms with van der Waals surface area (Å²) in [5, 5.41) is 24.1. The maximum Gasteiger partial charge on any atom is 0.159 e. The number of aromatic nitrogens is 2. The summed E-state index contributed by atoms with van der Waals surface area (Å²) in [7, 11) is 0. The molecule has 1 aliphatic rings. The van der Waals surface area contributed by atoms with Crippen LogP contribution in [0.25, 0.3) is 11.4 Å². The first-order valence-electron chi connectivity index (χ1n) is 10.6. The first-order chi connectivity index (χ1) is 14.7. The fourth-order valence-corrected chi connectivity index (χ4v) is 4.51. The third-order valence-corrected chi connectivity index (χ3v) is 6.27. The van der Waals surface area contributed by atoms with Crippen LogP contribution in [0.15, 0.2) is 66.9 Å². The number of hydrogen-bond acceptors (Lipinski definition) is 5. The molecule has 0 bridgehead atoms. The predicted molar refractivity (Wildman–Crippen MR) is 118 cm³/mol. The molecule has 0 saturated heterocycles. The standard InChI is InChI=1S/C25H29N3O2/c1-17-7-5-6-10-19(17)15-27-23-14-24(30)22(16-29)21(23)13-20-11-12-26-25(28-20)18-8-3-2-4-9-18/h2-12,21-24,27,29-30H,13-16H2,1H3/t21-,22-,23-,24-/m1/s1. The van der Waals surface area contributed by atoms with E-state index in [2.05, 4.69) is 29.4 Å². The number of rotatable bonds is 7. The van der Waals surface area contributed by atoms with Crippen molar-refractivity contribution < 1.29 is 10.2 Å². The molecule has 1 heterocycles. The van der Waals surface area contributed by atoms with E-state index in [1.807, 2.05) is 48.5 Å². The number of aliphatic hydroxyl groups excluding tert-OH is 2. The minimum atomic E-state index is -0.509. The molecule has 0 spiro atoms. The van der Waals surface area contributed by atoms with E-state index in [9.17, 15) is 10.2 Å². The lowest BCUT2D eigenvalue weighted by Gasteiger charge is -2.25. The quantitative estimate of drug-likeness (QED) is 0.565. The van der Waals surface area contributed by atoms with Crippen molar-refractivity contribution in [3.05, 3.63) is 83.7 Å². The van der Waals surface area contributed by atoms with Gasteiger partial charge in [0.05, 0.1) is 6.10 Å². The Balaban J connectivity index is 1.52. The normalized spacial score (nSPS) is 23.6. The van der Waals surface area contributed by atoms with E-state index in [4.69, 9.17) is 4.98 Å². The number of aryl methyl sites for hydroxylation is 1. The molecule has 0 radical (unpaired) electrons. The van der Waals surface area contributed by atoms with Crippen molar-refractivity contribution in [2.75, 3.05) is 6.61 Å². The highest BCUT2D eigenvalue weighted by Gasteiger charge is 2.42. The molecule has 0 amide bonds. The van der Waals surface area contributed by atoms with Crippen molar-refractivity contribution in [2.45, 2.75) is 38.5 Å². The first kappa shape index (κ1) is 20.7. The van der Waals surface area contributed by atoms with Crippen LogP contribution in [0.3, 0.4) is 0 Å². The van der Waals surface area contributed by atoms with E-state index in [0.717, 1.165) is 17.8 Å². The van der Waals surface area contributed by atoms with Crippen molar-refractivity contribution in [1.82, 2.24) is 15.3 Å². The molecule has 30 heavy (non-hydrogen) atoms. The highest BCUT2D eigenvalue weighted by atomic mass is 16.3. The molecule has 5 nitrogen and oxygen atoms in total. The molecular weight excluding hydrogens is 374 g/mol. The number of benzene rings is 2. The van der Waals surface area contributed by atoms with Gasteiger partial charge in [-0.3, -0.25) is 0 Å². The summed E-state index contributed by atoms with van der Waals surface area (Å²) in [5.74, 6) is 0.652. The molecule has 156 valence electrons. The number of nitrogens with zero attached hydrogens (tertiary/aromatic N) is 2. The Morgan fingerprint density at radius 1 is 1.00 bits per heavy atom. The molecule has 4 atom stereocenters. The van der Waals surface area contributed by atoms with E-state index in [0.29, 0.717) is 18.7 Å². The fourth-order valence-electron chi connectivity index (χ4n) is 4.51. The Hall–Kier alpha value is -2.60. The summed E-state index contributed by atoms with van der Waals surface area (Å²) in [6, 6.07) is 20.3. The molecule has 2 aromatic carbocycles. The van der Waals surface area contributed by atoms with E-state index in [1.54, 1.807) is 6.20 Å². The van der Waals surface area contributed by atoms with Crippen LogP contribution < -0.4 is 5.32 Å². The van der Waals surface area contributed by atoms with Gasteiger partial charge in [0.2, 0.25) is 0 Å². The zero-order chi connectivity index (χ0) is 20.9. The predicted octanol–water partition coefficient (Wildman–Crippen LogP) is 3.14. The summed E-state index contributed by atoms with van der Waals surface area (Å²) in [6.07, 6.45) is 2.61. The number of nitrogens with one attached hydrogen (secondary N) is 1. The highest BCUT2D eigenvalue weighted by Crippen LogP contribution is 2.35. The monoisotopic (exact) mass is 403 g/mol. The van der Waals surface area contributed by atoms with Crippen molar-refractivity contribution in [1.29, 1.82) is 0 Å². The average Bonchev–Trinajstić information content (AvgIpc) is 3.08. The second-order valence-corrected chi connectivity index (χ2v) is 8.17. The lowest BCUT2D eigenvalue weighted by molar-refractivity contribution is 0.0716. The van der Waals surface area contributed by atoms with Crippen LogP contribution in [0.4, 0.5) is 0 Å². The van der Waals surface area contributed by atoms with Gasteiger partial charge >= 0.3 is 0 Å². The maximum absolute atomic E-state index is 10.6. The first-order valence-corrected chi connectivity index (χ1v) is 10.6. The second-order valence-electron chi connectivity index (χ2n) is 8.17. The van der Waals surface area contributed by atoms with E-state index >= 15 is 0 Å². The van der Waals surface area contributed by atoms with Crippen molar-refractivity contribution in [3.8, 4) is 11.4 Å². The molecule has 1 fully saturated rings. The van der Waals surface area contributed by atoms with E-state index in [1.165, 1.54) is 11.1 Å². The van der Waals surface area contributed by atoms with E-state index < -0.39 is 6.10 Å². The van der Waals surface area contributed by atoms with Crippen molar-refractivity contribution >= 4 is 0 Å². The Kier molecular flexibility index (Phi) is 6.53. The lowest BCUT2D eigenvalue weighted by atomic mass is 9.88. The SMILES string of the molecule is Cc1ccccc1CN[C@@H]1C[C@@H](O)[C@H](CO)[C@H]1Cc1ccnc(-c2ccccc2)n1. The third-order valence-electron chi connectivity index (χ3n) is 6.27. The van der Waals surface area contributed by atoms with Gasteiger partial charge < -0.3 is 15.5 Å². The van der Waals surface area contributed by atoms with Gasteiger partial charge in [-0.05, 0) is 42.9 Å². The van der Waals surface area contributed by atoms with Crippen LogP contribution >= 0.6 is 0 Å². The molecule has 0 unspecified atom stereocenters.